The number of benzene rings is 1. The topological polar surface area (TPSA) is 81.7 Å². The predicted molar refractivity (Wildman–Crippen MR) is 95.4 cm³/mol. The summed E-state index contributed by atoms with van der Waals surface area (Å²) in [6.07, 6.45) is 1.60. The second-order valence-corrected chi connectivity index (χ2v) is 5.13. The fourth-order valence-corrected chi connectivity index (χ4v) is 2.06. The summed E-state index contributed by atoms with van der Waals surface area (Å²) in [5.74, 6) is 2.02. The van der Waals surface area contributed by atoms with Crippen LogP contribution in [-0.4, -0.2) is 51.4 Å². The third-order valence-electron chi connectivity index (χ3n) is 3.35. The van der Waals surface area contributed by atoms with Crippen molar-refractivity contribution < 1.29 is 19.0 Å². The lowest BCUT2D eigenvalue weighted by atomic mass is 10.2. The number of amides is 1. The molecule has 2 N–H and O–H groups in total. The van der Waals surface area contributed by atoms with Gasteiger partial charge in [-0.1, -0.05) is 0 Å². The van der Waals surface area contributed by atoms with Crippen molar-refractivity contribution >= 4 is 11.7 Å². The average molecular weight is 345 g/mol. The molecule has 25 heavy (non-hydrogen) atoms. The number of ether oxygens (including phenoxy) is 3. The number of carbonyl (C=O) groups is 1. The Labute approximate surface area is 147 Å². The molecule has 0 unspecified atom stereocenters. The summed E-state index contributed by atoms with van der Waals surface area (Å²) in [5.41, 5.74) is 0.546. The lowest BCUT2D eigenvalue weighted by Gasteiger charge is -2.10. The van der Waals surface area contributed by atoms with Crippen LogP contribution in [0.2, 0.25) is 0 Å². The molecular formula is C18H23N3O4. The van der Waals surface area contributed by atoms with E-state index in [1.807, 2.05) is 24.3 Å². The van der Waals surface area contributed by atoms with Gasteiger partial charge in [0.05, 0.1) is 20.3 Å². The molecular weight excluding hydrogens is 322 g/mol. The van der Waals surface area contributed by atoms with Gasteiger partial charge in [-0.2, -0.15) is 0 Å². The molecule has 0 fully saturated rings. The number of pyridine rings is 1. The van der Waals surface area contributed by atoms with Gasteiger partial charge in [0.1, 0.15) is 23.9 Å². The van der Waals surface area contributed by atoms with E-state index in [0.29, 0.717) is 37.7 Å². The first-order chi connectivity index (χ1) is 12.2. The second-order valence-electron chi connectivity index (χ2n) is 5.13. The maximum Gasteiger partial charge on any atom is 0.251 e. The van der Waals surface area contributed by atoms with Gasteiger partial charge in [-0.25, -0.2) is 4.98 Å². The van der Waals surface area contributed by atoms with Crippen LogP contribution in [0.4, 0.5) is 5.82 Å². The van der Waals surface area contributed by atoms with Crippen molar-refractivity contribution in [2.45, 2.75) is 0 Å². The van der Waals surface area contributed by atoms with Gasteiger partial charge in [0.2, 0.25) is 0 Å². The molecule has 1 aromatic carbocycles. The summed E-state index contributed by atoms with van der Waals surface area (Å²) in [5, 5.41) is 5.91. The van der Waals surface area contributed by atoms with E-state index in [1.165, 1.54) is 0 Å². The monoisotopic (exact) mass is 345 g/mol. The van der Waals surface area contributed by atoms with Crippen molar-refractivity contribution in [3.8, 4) is 11.5 Å². The van der Waals surface area contributed by atoms with Gasteiger partial charge in [0.15, 0.2) is 0 Å². The average Bonchev–Trinajstić information content (AvgIpc) is 2.66. The summed E-state index contributed by atoms with van der Waals surface area (Å²) in [4.78, 5) is 16.2. The van der Waals surface area contributed by atoms with Crippen LogP contribution in [0, 0.1) is 0 Å². The van der Waals surface area contributed by atoms with Gasteiger partial charge in [-0.3, -0.25) is 4.79 Å². The lowest BCUT2D eigenvalue weighted by Crippen LogP contribution is -2.27. The van der Waals surface area contributed by atoms with Crippen LogP contribution in [0.25, 0.3) is 0 Å². The maximum absolute atomic E-state index is 12.0. The molecule has 1 amide bonds. The summed E-state index contributed by atoms with van der Waals surface area (Å²) in [7, 11) is 3.22. The van der Waals surface area contributed by atoms with E-state index < -0.39 is 0 Å². The number of aromatic nitrogens is 1. The SMILES string of the molecule is COCCNC(=O)c1ccnc(NCCOc2ccc(OC)cc2)c1. The number of methoxy groups -OCH3 is 2. The molecule has 0 aliphatic heterocycles. The van der Waals surface area contributed by atoms with Gasteiger partial charge in [0, 0.05) is 25.4 Å². The zero-order valence-electron chi connectivity index (χ0n) is 14.5. The molecule has 2 aromatic rings. The molecule has 2 rings (SSSR count). The standard InChI is InChI=1S/C18H23N3O4/c1-23-11-9-21-18(22)14-7-8-19-17(13-14)20-10-12-25-16-5-3-15(24-2)4-6-16/h3-8,13H,9-12H2,1-2H3,(H,19,20)(H,21,22). The highest BCUT2D eigenvalue weighted by Gasteiger charge is 2.06. The Balaban J connectivity index is 1.76. The van der Waals surface area contributed by atoms with E-state index >= 15 is 0 Å². The summed E-state index contributed by atoms with van der Waals surface area (Å²) in [6.45, 7) is 1.98. The van der Waals surface area contributed by atoms with Gasteiger partial charge >= 0.3 is 0 Å². The Morgan fingerprint density at radius 2 is 1.80 bits per heavy atom. The highest BCUT2D eigenvalue weighted by atomic mass is 16.5. The molecule has 0 radical (unpaired) electrons. The van der Waals surface area contributed by atoms with Crippen molar-refractivity contribution in [2.75, 3.05) is 45.8 Å². The fraction of sp³-hybridized carbons (Fsp3) is 0.333. The molecule has 0 spiro atoms. The number of nitrogens with zero attached hydrogens (tertiary/aromatic N) is 1. The quantitative estimate of drug-likeness (QED) is 0.641. The highest BCUT2D eigenvalue weighted by molar-refractivity contribution is 5.94. The van der Waals surface area contributed by atoms with Crippen molar-refractivity contribution in [1.29, 1.82) is 0 Å². The minimum absolute atomic E-state index is 0.156. The van der Waals surface area contributed by atoms with Crippen molar-refractivity contribution in [3.63, 3.8) is 0 Å². The molecule has 0 atom stereocenters. The van der Waals surface area contributed by atoms with Crippen LogP contribution in [0.1, 0.15) is 10.4 Å². The van der Waals surface area contributed by atoms with E-state index in [-0.39, 0.29) is 5.91 Å². The molecule has 1 heterocycles. The van der Waals surface area contributed by atoms with Crippen molar-refractivity contribution in [3.05, 3.63) is 48.2 Å². The Kier molecular flexibility index (Phi) is 7.52. The second kappa shape index (κ2) is 10.1. The van der Waals surface area contributed by atoms with Crippen molar-refractivity contribution in [2.24, 2.45) is 0 Å². The first-order valence-corrected chi connectivity index (χ1v) is 7.97. The number of rotatable bonds is 10. The van der Waals surface area contributed by atoms with Crippen molar-refractivity contribution in [1.82, 2.24) is 10.3 Å². The molecule has 7 nitrogen and oxygen atoms in total. The van der Waals surface area contributed by atoms with Crippen LogP contribution in [0.15, 0.2) is 42.6 Å². The maximum atomic E-state index is 12.0. The molecule has 1 aromatic heterocycles. The largest absolute Gasteiger partial charge is 0.497 e. The molecule has 134 valence electrons. The van der Waals surface area contributed by atoms with Gasteiger partial charge < -0.3 is 24.8 Å². The van der Waals surface area contributed by atoms with Gasteiger partial charge in [-0.15, -0.1) is 0 Å². The first kappa shape index (κ1) is 18.5. The Morgan fingerprint density at radius 3 is 2.52 bits per heavy atom. The van der Waals surface area contributed by atoms with E-state index in [2.05, 4.69) is 15.6 Å². The normalized spacial score (nSPS) is 10.2. The zero-order chi connectivity index (χ0) is 17.9. The van der Waals surface area contributed by atoms with E-state index in [4.69, 9.17) is 14.2 Å². The van der Waals surface area contributed by atoms with Gasteiger partial charge in [-0.05, 0) is 36.4 Å². The number of hydrogen-bond acceptors (Lipinski definition) is 6. The molecule has 0 aliphatic carbocycles. The summed E-state index contributed by atoms with van der Waals surface area (Å²) < 4.78 is 15.6. The van der Waals surface area contributed by atoms with Gasteiger partial charge in [0.25, 0.3) is 5.91 Å². The van der Waals surface area contributed by atoms with E-state index in [0.717, 1.165) is 11.5 Å². The Bertz CT molecular complexity index is 662. The summed E-state index contributed by atoms with van der Waals surface area (Å²) >= 11 is 0. The highest BCUT2D eigenvalue weighted by Crippen LogP contribution is 2.16. The fourth-order valence-electron chi connectivity index (χ4n) is 2.06. The van der Waals surface area contributed by atoms with E-state index in [1.54, 1.807) is 32.5 Å². The molecule has 0 bridgehead atoms. The zero-order valence-corrected chi connectivity index (χ0v) is 14.5. The molecule has 0 saturated heterocycles. The number of nitrogens with one attached hydrogen (secondary N) is 2. The molecule has 7 heteroatoms. The molecule has 0 aliphatic rings. The lowest BCUT2D eigenvalue weighted by molar-refractivity contribution is 0.0937. The molecule has 0 saturated carbocycles. The van der Waals surface area contributed by atoms with Crippen LogP contribution in [0.5, 0.6) is 11.5 Å². The number of carbonyl (C=O) groups excluding carboxylic acids is 1. The third-order valence-corrected chi connectivity index (χ3v) is 3.35. The van der Waals surface area contributed by atoms with Crippen LogP contribution in [0.3, 0.4) is 0 Å². The van der Waals surface area contributed by atoms with Crippen LogP contribution >= 0.6 is 0 Å². The third kappa shape index (κ3) is 6.31. The minimum atomic E-state index is -0.156. The smallest absolute Gasteiger partial charge is 0.251 e. The van der Waals surface area contributed by atoms with E-state index in [9.17, 15) is 4.79 Å². The van der Waals surface area contributed by atoms with Crippen LogP contribution < -0.4 is 20.1 Å². The Hall–Kier alpha value is -2.80. The Morgan fingerprint density at radius 1 is 1.04 bits per heavy atom. The predicted octanol–water partition coefficient (Wildman–Crippen LogP) is 1.96. The first-order valence-electron chi connectivity index (χ1n) is 7.97. The number of anilines is 1. The minimum Gasteiger partial charge on any atom is -0.497 e. The summed E-state index contributed by atoms with van der Waals surface area (Å²) in [6, 6.07) is 10.8. The number of hydrogen-bond donors (Lipinski definition) is 2. The van der Waals surface area contributed by atoms with Crippen LogP contribution in [-0.2, 0) is 4.74 Å².